The molecule has 0 amide bonds. The molecule has 84 valence electrons. The molecule has 0 spiro atoms. The highest BCUT2D eigenvalue weighted by Crippen LogP contribution is 2.27. The number of hydrogen-bond donors (Lipinski definition) is 1. The Balaban J connectivity index is 2.68. The molecule has 0 aromatic carbocycles. The number of carboxylic acid groups (broad SMARTS) is 1. The van der Waals surface area contributed by atoms with Crippen molar-refractivity contribution in [1.29, 1.82) is 0 Å². The van der Waals surface area contributed by atoms with E-state index in [4.69, 9.17) is 5.11 Å². The molecule has 0 aliphatic rings. The van der Waals surface area contributed by atoms with Gasteiger partial charge in [-0.1, -0.05) is 13.3 Å². The van der Waals surface area contributed by atoms with Gasteiger partial charge in [0.2, 0.25) is 0 Å². The molecule has 3 heteroatoms. The molecular formula is C12H18O2S. The van der Waals surface area contributed by atoms with Gasteiger partial charge in [0, 0.05) is 9.75 Å². The third kappa shape index (κ3) is 3.34. The lowest BCUT2D eigenvalue weighted by atomic mass is 9.89. The van der Waals surface area contributed by atoms with E-state index in [1.165, 1.54) is 9.75 Å². The minimum absolute atomic E-state index is 0.622. The zero-order valence-electron chi connectivity index (χ0n) is 9.54. The van der Waals surface area contributed by atoms with Gasteiger partial charge in [-0.25, -0.2) is 0 Å². The van der Waals surface area contributed by atoms with Crippen LogP contribution in [0.3, 0.4) is 0 Å². The van der Waals surface area contributed by atoms with Gasteiger partial charge in [0.15, 0.2) is 0 Å². The number of rotatable bonds is 5. The van der Waals surface area contributed by atoms with Crippen LogP contribution in [0.1, 0.15) is 36.9 Å². The molecule has 1 heterocycles. The van der Waals surface area contributed by atoms with Crippen molar-refractivity contribution in [1.82, 2.24) is 0 Å². The highest BCUT2D eigenvalue weighted by molar-refractivity contribution is 7.12. The maximum atomic E-state index is 11.0. The summed E-state index contributed by atoms with van der Waals surface area (Å²) >= 11 is 1.74. The van der Waals surface area contributed by atoms with Crippen molar-refractivity contribution >= 4 is 17.3 Å². The van der Waals surface area contributed by atoms with Crippen LogP contribution in [0.4, 0.5) is 0 Å². The molecule has 0 atom stereocenters. The van der Waals surface area contributed by atoms with Crippen LogP contribution in [0.5, 0.6) is 0 Å². The highest BCUT2D eigenvalue weighted by atomic mass is 32.1. The second-order valence-electron chi connectivity index (χ2n) is 4.48. The summed E-state index contributed by atoms with van der Waals surface area (Å²) in [6, 6.07) is 4.17. The summed E-state index contributed by atoms with van der Waals surface area (Å²) in [5, 5.41) is 9.02. The molecule has 0 aliphatic carbocycles. The number of hydrogen-bond acceptors (Lipinski definition) is 2. The third-order valence-electron chi connectivity index (χ3n) is 2.41. The average Bonchev–Trinajstić information content (AvgIpc) is 2.52. The molecule has 0 saturated carbocycles. The van der Waals surface area contributed by atoms with Crippen molar-refractivity contribution in [2.45, 2.75) is 40.0 Å². The zero-order valence-corrected chi connectivity index (χ0v) is 10.4. The van der Waals surface area contributed by atoms with Crippen LogP contribution in [0.15, 0.2) is 12.1 Å². The van der Waals surface area contributed by atoms with Crippen LogP contribution >= 0.6 is 11.3 Å². The van der Waals surface area contributed by atoms with Gasteiger partial charge in [0.05, 0.1) is 5.41 Å². The maximum Gasteiger partial charge on any atom is 0.309 e. The maximum absolute atomic E-state index is 11.0. The van der Waals surface area contributed by atoms with E-state index < -0.39 is 11.4 Å². The van der Waals surface area contributed by atoms with Crippen molar-refractivity contribution in [3.05, 3.63) is 21.9 Å². The molecule has 2 nitrogen and oxygen atoms in total. The monoisotopic (exact) mass is 226 g/mol. The first kappa shape index (κ1) is 12.2. The molecule has 0 aliphatic heterocycles. The Morgan fingerprint density at radius 2 is 2.00 bits per heavy atom. The Bertz CT molecular complexity index is 339. The largest absolute Gasteiger partial charge is 0.481 e. The molecule has 1 aromatic rings. The molecule has 0 unspecified atom stereocenters. The predicted molar refractivity (Wildman–Crippen MR) is 63.4 cm³/mol. The average molecular weight is 226 g/mol. The van der Waals surface area contributed by atoms with Gasteiger partial charge in [-0.2, -0.15) is 0 Å². The molecular weight excluding hydrogens is 208 g/mol. The predicted octanol–water partition coefficient (Wildman–Crippen LogP) is 3.35. The molecule has 0 radical (unpaired) electrons. The first-order chi connectivity index (χ1) is 6.95. The van der Waals surface area contributed by atoms with Crippen molar-refractivity contribution < 1.29 is 9.90 Å². The van der Waals surface area contributed by atoms with E-state index in [0.717, 1.165) is 12.8 Å². The Labute approximate surface area is 94.9 Å². The molecule has 0 fully saturated rings. The summed E-state index contributed by atoms with van der Waals surface area (Å²) in [5.74, 6) is -0.729. The fourth-order valence-corrected chi connectivity index (χ4v) is 2.76. The van der Waals surface area contributed by atoms with Crippen molar-refractivity contribution in [2.75, 3.05) is 0 Å². The fraction of sp³-hybridized carbons (Fsp3) is 0.583. The Kier molecular flexibility index (Phi) is 3.91. The summed E-state index contributed by atoms with van der Waals surface area (Å²) in [5.41, 5.74) is -0.658. The van der Waals surface area contributed by atoms with Gasteiger partial charge in [0.1, 0.15) is 0 Å². The molecule has 15 heavy (non-hydrogen) atoms. The van der Waals surface area contributed by atoms with Crippen molar-refractivity contribution in [2.24, 2.45) is 5.41 Å². The number of carboxylic acids is 1. The van der Waals surface area contributed by atoms with Crippen LogP contribution in [-0.2, 0) is 17.6 Å². The number of thiophene rings is 1. The van der Waals surface area contributed by atoms with Crippen LogP contribution in [0.25, 0.3) is 0 Å². The van der Waals surface area contributed by atoms with Gasteiger partial charge in [0.25, 0.3) is 0 Å². The SMILES string of the molecule is CCCc1ccc(CC(C)(C)C(=O)O)s1. The van der Waals surface area contributed by atoms with Gasteiger partial charge in [-0.3, -0.25) is 4.79 Å². The quantitative estimate of drug-likeness (QED) is 0.836. The summed E-state index contributed by atoms with van der Waals surface area (Å²) in [6.07, 6.45) is 2.86. The second kappa shape index (κ2) is 4.79. The molecule has 0 bridgehead atoms. The molecule has 1 aromatic heterocycles. The van der Waals surface area contributed by atoms with Gasteiger partial charge in [-0.15, -0.1) is 11.3 Å². The Morgan fingerprint density at radius 1 is 1.40 bits per heavy atom. The lowest BCUT2D eigenvalue weighted by Gasteiger charge is -2.17. The van der Waals surface area contributed by atoms with E-state index in [2.05, 4.69) is 19.1 Å². The first-order valence-corrected chi connectivity index (χ1v) is 6.08. The summed E-state index contributed by atoms with van der Waals surface area (Å²) in [7, 11) is 0. The van der Waals surface area contributed by atoms with Crippen LogP contribution in [0.2, 0.25) is 0 Å². The second-order valence-corrected chi connectivity index (χ2v) is 5.74. The highest BCUT2D eigenvalue weighted by Gasteiger charge is 2.27. The van der Waals surface area contributed by atoms with Gasteiger partial charge < -0.3 is 5.11 Å². The van der Waals surface area contributed by atoms with Gasteiger partial charge in [-0.05, 0) is 38.8 Å². The van der Waals surface area contributed by atoms with Crippen molar-refractivity contribution in [3.63, 3.8) is 0 Å². The zero-order chi connectivity index (χ0) is 11.5. The van der Waals surface area contributed by atoms with E-state index in [0.29, 0.717) is 6.42 Å². The van der Waals surface area contributed by atoms with E-state index in [1.54, 1.807) is 25.2 Å². The number of aliphatic carboxylic acids is 1. The normalized spacial score (nSPS) is 11.7. The topological polar surface area (TPSA) is 37.3 Å². The van der Waals surface area contributed by atoms with E-state index in [-0.39, 0.29) is 0 Å². The summed E-state index contributed by atoms with van der Waals surface area (Å²) in [6.45, 7) is 5.70. The number of aryl methyl sites for hydroxylation is 1. The van der Waals surface area contributed by atoms with E-state index in [9.17, 15) is 4.79 Å². The van der Waals surface area contributed by atoms with E-state index >= 15 is 0 Å². The summed E-state index contributed by atoms with van der Waals surface area (Å²) in [4.78, 5) is 13.5. The summed E-state index contributed by atoms with van der Waals surface area (Å²) < 4.78 is 0. The molecule has 1 rings (SSSR count). The van der Waals surface area contributed by atoms with Crippen molar-refractivity contribution in [3.8, 4) is 0 Å². The lowest BCUT2D eigenvalue weighted by molar-refractivity contribution is -0.146. The Morgan fingerprint density at radius 3 is 2.53 bits per heavy atom. The first-order valence-electron chi connectivity index (χ1n) is 5.26. The number of carbonyl (C=O) groups is 1. The fourth-order valence-electron chi connectivity index (χ4n) is 1.41. The van der Waals surface area contributed by atoms with Crippen LogP contribution in [-0.4, -0.2) is 11.1 Å². The standard InChI is InChI=1S/C12H18O2S/c1-4-5-9-6-7-10(15-9)8-12(2,3)11(13)14/h6-7H,4-5,8H2,1-3H3,(H,13,14). The lowest BCUT2D eigenvalue weighted by Crippen LogP contribution is -2.25. The van der Waals surface area contributed by atoms with E-state index in [1.807, 2.05) is 0 Å². The Hall–Kier alpha value is -0.830. The molecule has 0 saturated heterocycles. The third-order valence-corrected chi connectivity index (χ3v) is 3.55. The smallest absolute Gasteiger partial charge is 0.309 e. The van der Waals surface area contributed by atoms with Crippen LogP contribution in [0, 0.1) is 5.41 Å². The van der Waals surface area contributed by atoms with Crippen LogP contribution < -0.4 is 0 Å². The van der Waals surface area contributed by atoms with Gasteiger partial charge >= 0.3 is 5.97 Å². The minimum Gasteiger partial charge on any atom is -0.481 e. The molecule has 1 N–H and O–H groups in total. The minimum atomic E-state index is -0.729.